The summed E-state index contributed by atoms with van der Waals surface area (Å²) in [5, 5.41) is 2.67. The Morgan fingerprint density at radius 2 is 2.00 bits per heavy atom. The first-order valence-electron chi connectivity index (χ1n) is 6.30. The van der Waals surface area contributed by atoms with Crippen LogP contribution < -0.4 is 10.0 Å². The molecule has 0 aliphatic heterocycles. The third kappa shape index (κ3) is 4.88. The molecule has 0 aromatic heterocycles. The number of anilines is 1. The molecule has 22 heavy (non-hydrogen) atoms. The molecule has 0 bridgehead atoms. The molecule has 7 nitrogen and oxygen atoms in total. The summed E-state index contributed by atoms with van der Waals surface area (Å²) >= 11 is 5.83. The molecule has 1 rings (SSSR count). The minimum Gasteiger partial charge on any atom is -0.469 e. The third-order valence-electron chi connectivity index (χ3n) is 2.79. The number of esters is 1. The maximum Gasteiger partial charge on any atom is 0.309 e. The molecule has 9 heteroatoms. The topological polar surface area (TPSA) is 102 Å². The van der Waals surface area contributed by atoms with Crippen molar-refractivity contribution in [3.8, 4) is 0 Å². The molecule has 122 valence electrons. The number of halogens is 1. The zero-order valence-corrected chi connectivity index (χ0v) is 13.9. The van der Waals surface area contributed by atoms with Crippen LogP contribution in [0.5, 0.6) is 0 Å². The van der Waals surface area contributed by atoms with Gasteiger partial charge in [0.25, 0.3) is 5.91 Å². The number of ether oxygens (including phenoxy) is 1. The van der Waals surface area contributed by atoms with Crippen molar-refractivity contribution in [2.75, 3.05) is 24.6 Å². The van der Waals surface area contributed by atoms with Gasteiger partial charge in [-0.05, 0) is 18.2 Å². The maximum absolute atomic E-state index is 12.1. The van der Waals surface area contributed by atoms with E-state index >= 15 is 0 Å². The summed E-state index contributed by atoms with van der Waals surface area (Å²) in [6.07, 6.45) is 0. The normalized spacial score (nSPS) is 12.4. The van der Waals surface area contributed by atoms with E-state index in [9.17, 15) is 18.0 Å². The lowest BCUT2D eigenvalue weighted by atomic mass is 10.2. The molecule has 0 unspecified atom stereocenters. The molecular weight excluding hydrogens is 332 g/mol. The van der Waals surface area contributed by atoms with Crippen molar-refractivity contribution in [1.82, 2.24) is 5.32 Å². The molecule has 0 aliphatic carbocycles. The second-order valence-corrected chi connectivity index (χ2v) is 6.78. The number of rotatable bonds is 6. The molecule has 0 aliphatic rings. The second-order valence-electron chi connectivity index (χ2n) is 4.58. The number of amides is 1. The van der Waals surface area contributed by atoms with Crippen LogP contribution >= 0.6 is 11.6 Å². The van der Waals surface area contributed by atoms with Gasteiger partial charge >= 0.3 is 5.97 Å². The number of benzene rings is 1. The van der Waals surface area contributed by atoms with Crippen LogP contribution in [0.3, 0.4) is 0 Å². The summed E-state index contributed by atoms with van der Waals surface area (Å²) < 4.78 is 31.0. The van der Waals surface area contributed by atoms with Crippen molar-refractivity contribution < 1.29 is 22.7 Å². The van der Waals surface area contributed by atoms with Gasteiger partial charge in [0.2, 0.25) is 10.0 Å². The number of carbonyl (C=O) groups excluding carboxylic acids is 2. The molecule has 0 heterocycles. The molecule has 1 aromatic rings. The maximum atomic E-state index is 12.1. The molecule has 1 aromatic carbocycles. The molecule has 0 saturated carbocycles. The lowest BCUT2D eigenvalue weighted by Crippen LogP contribution is -2.28. The summed E-state index contributed by atoms with van der Waals surface area (Å²) in [6.45, 7) is 1.43. The molecule has 0 spiro atoms. The van der Waals surface area contributed by atoms with Crippen molar-refractivity contribution in [3.63, 3.8) is 0 Å². The van der Waals surface area contributed by atoms with Gasteiger partial charge in [0.15, 0.2) is 0 Å². The van der Waals surface area contributed by atoms with Crippen LogP contribution in [-0.2, 0) is 19.6 Å². The summed E-state index contributed by atoms with van der Waals surface area (Å²) in [6, 6.07) is 4.20. The van der Waals surface area contributed by atoms with Crippen LogP contribution in [0.2, 0.25) is 5.02 Å². The molecule has 1 amide bonds. The zero-order valence-electron chi connectivity index (χ0n) is 12.3. The smallest absolute Gasteiger partial charge is 0.309 e. The number of sulfonamides is 1. The highest BCUT2D eigenvalue weighted by molar-refractivity contribution is 7.92. The van der Waals surface area contributed by atoms with E-state index < -0.39 is 33.6 Å². The highest BCUT2D eigenvalue weighted by Crippen LogP contribution is 2.22. The van der Waals surface area contributed by atoms with Crippen molar-refractivity contribution in [2.24, 2.45) is 5.92 Å². The Labute approximate surface area is 134 Å². The first-order chi connectivity index (χ1) is 10.2. The lowest BCUT2D eigenvalue weighted by Gasteiger charge is -2.14. The molecule has 0 fully saturated rings. The van der Waals surface area contributed by atoms with E-state index in [1.807, 2.05) is 0 Å². The Morgan fingerprint density at radius 1 is 1.36 bits per heavy atom. The van der Waals surface area contributed by atoms with Gasteiger partial charge in [0, 0.05) is 12.1 Å². The Kier molecular flexibility index (Phi) is 6.19. The molecular formula is C13H17ClN2O5S. The molecule has 2 N–H and O–H groups in total. The Morgan fingerprint density at radius 3 is 2.55 bits per heavy atom. The summed E-state index contributed by atoms with van der Waals surface area (Å²) in [5.41, 5.74) is 0.171. The van der Waals surface area contributed by atoms with E-state index in [0.29, 0.717) is 0 Å². The first-order valence-corrected chi connectivity index (χ1v) is 8.33. The van der Waals surface area contributed by atoms with Gasteiger partial charge < -0.3 is 10.1 Å². The van der Waals surface area contributed by atoms with Gasteiger partial charge in [-0.2, -0.15) is 0 Å². The Balaban J connectivity index is 3.05. The average molecular weight is 349 g/mol. The summed E-state index contributed by atoms with van der Waals surface area (Å²) in [5.74, 6) is -2.41. The number of carbonyl (C=O) groups is 2. The van der Waals surface area contributed by atoms with Gasteiger partial charge in [-0.3, -0.25) is 14.3 Å². The first kappa shape index (κ1) is 18.2. The number of nitrogens with one attached hydrogen (secondary N) is 2. The lowest BCUT2D eigenvalue weighted by molar-refractivity contribution is -0.144. The van der Waals surface area contributed by atoms with E-state index in [2.05, 4.69) is 14.8 Å². The predicted octanol–water partition coefficient (Wildman–Crippen LogP) is 1.25. The van der Waals surface area contributed by atoms with Gasteiger partial charge in [0.1, 0.15) is 0 Å². The largest absolute Gasteiger partial charge is 0.469 e. The monoisotopic (exact) mass is 348 g/mol. The van der Waals surface area contributed by atoms with Gasteiger partial charge in [0.05, 0.1) is 30.0 Å². The quantitative estimate of drug-likeness (QED) is 0.753. The van der Waals surface area contributed by atoms with E-state index in [1.165, 1.54) is 39.3 Å². The Hall–Kier alpha value is -1.80. The number of methoxy groups -OCH3 is 1. The third-order valence-corrected chi connectivity index (χ3v) is 4.50. The average Bonchev–Trinajstić information content (AvgIpc) is 2.44. The van der Waals surface area contributed by atoms with E-state index in [1.54, 1.807) is 0 Å². The molecule has 0 saturated heterocycles. The van der Waals surface area contributed by atoms with Crippen molar-refractivity contribution in [2.45, 2.75) is 6.92 Å². The highest BCUT2D eigenvalue weighted by atomic mass is 35.5. The fourth-order valence-electron chi connectivity index (χ4n) is 1.74. The van der Waals surface area contributed by atoms with E-state index in [4.69, 9.17) is 11.6 Å². The van der Waals surface area contributed by atoms with Crippen molar-refractivity contribution in [3.05, 3.63) is 28.8 Å². The van der Waals surface area contributed by atoms with Gasteiger partial charge in [-0.25, -0.2) is 8.42 Å². The van der Waals surface area contributed by atoms with E-state index in [0.717, 1.165) is 0 Å². The molecule has 1 atom stereocenters. The van der Waals surface area contributed by atoms with Gasteiger partial charge in [-0.1, -0.05) is 18.5 Å². The minimum absolute atomic E-state index is 0.0453. The highest BCUT2D eigenvalue weighted by Gasteiger charge is 2.23. The zero-order chi connectivity index (χ0) is 16.9. The van der Waals surface area contributed by atoms with Crippen molar-refractivity contribution >= 4 is 39.2 Å². The second kappa shape index (κ2) is 7.46. The Bertz CT molecular complexity index is 675. The summed E-state index contributed by atoms with van der Waals surface area (Å²) in [7, 11) is -1.25. The molecule has 0 radical (unpaired) electrons. The van der Waals surface area contributed by atoms with Crippen molar-refractivity contribution in [1.29, 1.82) is 0 Å². The number of hydrogen-bond donors (Lipinski definition) is 2. The fraction of sp³-hybridized carbons (Fsp3) is 0.385. The van der Waals surface area contributed by atoms with E-state index in [-0.39, 0.29) is 16.3 Å². The fourth-order valence-corrected chi connectivity index (χ4v) is 3.29. The van der Waals surface area contributed by atoms with Crippen LogP contribution in [0.1, 0.15) is 17.3 Å². The van der Waals surface area contributed by atoms with Gasteiger partial charge in [-0.15, -0.1) is 0 Å². The van der Waals surface area contributed by atoms with Crippen LogP contribution in [-0.4, -0.2) is 40.2 Å². The predicted molar refractivity (Wildman–Crippen MR) is 83.4 cm³/mol. The van der Waals surface area contributed by atoms with Crippen LogP contribution in [0.15, 0.2) is 18.2 Å². The summed E-state index contributed by atoms with van der Waals surface area (Å²) in [4.78, 5) is 23.1. The number of hydrogen-bond acceptors (Lipinski definition) is 5. The van der Waals surface area contributed by atoms with Crippen LogP contribution in [0.4, 0.5) is 5.69 Å². The standard InChI is InChI=1S/C13H17ClN2O5S/c1-8(13(18)21-3)7-22(19,20)16-11-6-9(14)4-5-10(11)12(17)15-2/h4-6,8,16H,7H2,1-3H3,(H,15,17)/t8-/m1/s1. The van der Waals surface area contributed by atoms with Crippen LogP contribution in [0, 0.1) is 5.92 Å². The van der Waals surface area contributed by atoms with Crippen LogP contribution in [0.25, 0.3) is 0 Å². The SMILES string of the molecule is CNC(=O)c1ccc(Cl)cc1NS(=O)(=O)C[C@@H](C)C(=O)OC. The minimum atomic E-state index is -3.86.